The molecule has 0 aliphatic carbocycles. The van der Waals surface area contributed by atoms with Crippen LogP contribution >= 0.6 is 0 Å². The molecule has 126 valence electrons. The molecule has 1 aromatic carbocycles. The van der Waals surface area contributed by atoms with E-state index in [9.17, 15) is 13.2 Å². The lowest BCUT2D eigenvalue weighted by Crippen LogP contribution is -2.60. The second kappa shape index (κ2) is 5.91. The average molecular weight is 336 g/mol. The standard InChI is InChI=1S/C17H24N2O3S/c1-17(2)13-19(16(17)14-6-4-3-5-7-14)15(20)12-18-8-10-23(21,22)11-9-18/h3-7,16H,8-13H2,1-2H3/t16-/m1/s1. The van der Waals surface area contributed by atoms with Crippen molar-refractivity contribution < 1.29 is 13.2 Å². The molecule has 0 radical (unpaired) electrons. The van der Waals surface area contributed by atoms with Gasteiger partial charge in [-0.05, 0) is 5.56 Å². The predicted octanol–water partition coefficient (Wildman–Crippen LogP) is 1.33. The first-order chi connectivity index (χ1) is 10.8. The highest BCUT2D eigenvalue weighted by molar-refractivity contribution is 7.91. The largest absolute Gasteiger partial charge is 0.333 e. The number of hydrogen-bond donors (Lipinski definition) is 0. The van der Waals surface area contributed by atoms with Crippen LogP contribution in [0.2, 0.25) is 0 Å². The van der Waals surface area contributed by atoms with E-state index in [0.717, 1.165) is 6.54 Å². The summed E-state index contributed by atoms with van der Waals surface area (Å²) < 4.78 is 23.0. The molecule has 2 aliphatic heterocycles. The highest BCUT2D eigenvalue weighted by Gasteiger charge is 2.48. The maximum atomic E-state index is 12.7. The van der Waals surface area contributed by atoms with Crippen molar-refractivity contribution in [2.75, 3.05) is 37.7 Å². The van der Waals surface area contributed by atoms with E-state index in [2.05, 4.69) is 26.0 Å². The SMILES string of the molecule is CC1(C)CN(C(=O)CN2CCS(=O)(=O)CC2)[C@@H]1c1ccccc1. The van der Waals surface area contributed by atoms with Gasteiger partial charge in [-0.15, -0.1) is 0 Å². The summed E-state index contributed by atoms with van der Waals surface area (Å²) in [5.74, 6) is 0.416. The van der Waals surface area contributed by atoms with Crippen LogP contribution in [0.1, 0.15) is 25.5 Å². The van der Waals surface area contributed by atoms with E-state index in [1.807, 2.05) is 28.0 Å². The van der Waals surface area contributed by atoms with E-state index in [1.165, 1.54) is 5.56 Å². The van der Waals surface area contributed by atoms with Crippen molar-refractivity contribution in [3.63, 3.8) is 0 Å². The third-order valence-electron chi connectivity index (χ3n) is 4.86. The zero-order valence-electron chi connectivity index (χ0n) is 13.7. The second-order valence-corrected chi connectivity index (χ2v) is 9.56. The maximum absolute atomic E-state index is 12.7. The molecule has 2 saturated heterocycles. The van der Waals surface area contributed by atoms with Crippen molar-refractivity contribution in [2.45, 2.75) is 19.9 Å². The minimum atomic E-state index is -2.90. The third-order valence-corrected chi connectivity index (χ3v) is 6.47. The number of sulfone groups is 1. The van der Waals surface area contributed by atoms with Crippen LogP contribution in [0.5, 0.6) is 0 Å². The smallest absolute Gasteiger partial charge is 0.237 e. The third kappa shape index (κ3) is 3.43. The number of nitrogens with zero attached hydrogens (tertiary/aromatic N) is 2. The van der Waals surface area contributed by atoms with Crippen molar-refractivity contribution in [2.24, 2.45) is 5.41 Å². The van der Waals surface area contributed by atoms with Crippen LogP contribution < -0.4 is 0 Å². The van der Waals surface area contributed by atoms with E-state index in [-0.39, 0.29) is 28.9 Å². The minimum absolute atomic E-state index is 0.0717. The van der Waals surface area contributed by atoms with Gasteiger partial charge in [0.2, 0.25) is 5.91 Å². The van der Waals surface area contributed by atoms with Crippen LogP contribution in [0.15, 0.2) is 30.3 Å². The minimum Gasteiger partial charge on any atom is -0.333 e. The first kappa shape index (κ1) is 16.5. The zero-order valence-corrected chi connectivity index (χ0v) is 14.6. The van der Waals surface area contributed by atoms with E-state index in [1.54, 1.807) is 0 Å². The monoisotopic (exact) mass is 336 g/mol. The summed E-state index contributed by atoms with van der Waals surface area (Å²) in [7, 11) is -2.90. The van der Waals surface area contributed by atoms with Gasteiger partial charge in [0, 0.05) is 25.0 Å². The summed E-state index contributed by atoms with van der Waals surface area (Å²) >= 11 is 0. The number of carbonyl (C=O) groups excluding carboxylic acids is 1. The number of hydrogen-bond acceptors (Lipinski definition) is 4. The fourth-order valence-corrected chi connectivity index (χ4v) is 4.89. The summed E-state index contributed by atoms with van der Waals surface area (Å²) in [4.78, 5) is 16.5. The number of carbonyl (C=O) groups is 1. The van der Waals surface area contributed by atoms with Gasteiger partial charge in [0.25, 0.3) is 0 Å². The molecule has 1 amide bonds. The van der Waals surface area contributed by atoms with Gasteiger partial charge < -0.3 is 4.90 Å². The van der Waals surface area contributed by atoms with Crippen LogP contribution in [0, 0.1) is 5.41 Å². The Bertz CT molecular complexity index is 671. The Labute approximate surface area is 138 Å². The number of rotatable bonds is 3. The first-order valence-electron chi connectivity index (χ1n) is 8.06. The zero-order chi connectivity index (χ0) is 16.7. The lowest BCUT2D eigenvalue weighted by atomic mass is 9.71. The van der Waals surface area contributed by atoms with Gasteiger partial charge in [0.1, 0.15) is 0 Å². The molecule has 2 heterocycles. The summed E-state index contributed by atoms with van der Waals surface area (Å²) in [6.07, 6.45) is 0. The van der Waals surface area contributed by atoms with Crippen LogP contribution in [0.3, 0.4) is 0 Å². The van der Waals surface area contributed by atoms with Gasteiger partial charge >= 0.3 is 0 Å². The highest BCUT2D eigenvalue weighted by Crippen LogP contribution is 2.48. The van der Waals surface area contributed by atoms with Gasteiger partial charge in [-0.1, -0.05) is 44.2 Å². The van der Waals surface area contributed by atoms with Gasteiger partial charge in [-0.2, -0.15) is 0 Å². The number of likely N-dealkylation sites (tertiary alicyclic amines) is 1. The lowest BCUT2D eigenvalue weighted by Gasteiger charge is -2.55. The van der Waals surface area contributed by atoms with E-state index < -0.39 is 9.84 Å². The Morgan fingerprint density at radius 1 is 1.17 bits per heavy atom. The molecule has 0 unspecified atom stereocenters. The molecule has 2 aliphatic rings. The molecule has 5 nitrogen and oxygen atoms in total. The number of benzene rings is 1. The van der Waals surface area contributed by atoms with Crippen molar-refractivity contribution in [3.8, 4) is 0 Å². The molecule has 2 fully saturated rings. The van der Waals surface area contributed by atoms with Gasteiger partial charge in [0.05, 0.1) is 24.1 Å². The lowest BCUT2D eigenvalue weighted by molar-refractivity contribution is -0.153. The van der Waals surface area contributed by atoms with Crippen molar-refractivity contribution >= 4 is 15.7 Å². The molecular weight excluding hydrogens is 312 g/mol. The summed E-state index contributed by atoms with van der Waals surface area (Å²) in [5.41, 5.74) is 1.24. The second-order valence-electron chi connectivity index (χ2n) is 7.25. The maximum Gasteiger partial charge on any atom is 0.237 e. The fraction of sp³-hybridized carbons (Fsp3) is 0.588. The molecule has 3 rings (SSSR count). The van der Waals surface area contributed by atoms with Gasteiger partial charge in [-0.3, -0.25) is 9.69 Å². The fourth-order valence-electron chi connectivity index (χ4n) is 3.62. The summed E-state index contributed by atoms with van der Waals surface area (Å²) in [6, 6.07) is 10.2. The summed E-state index contributed by atoms with van der Waals surface area (Å²) in [6.45, 7) is 6.35. The summed E-state index contributed by atoms with van der Waals surface area (Å²) in [5, 5.41) is 0. The Kier molecular flexibility index (Phi) is 4.23. The molecule has 23 heavy (non-hydrogen) atoms. The molecule has 0 aromatic heterocycles. The topological polar surface area (TPSA) is 57.7 Å². The molecule has 0 saturated carbocycles. The predicted molar refractivity (Wildman–Crippen MR) is 89.8 cm³/mol. The molecule has 0 N–H and O–H groups in total. The van der Waals surface area contributed by atoms with Crippen LogP contribution in [-0.4, -0.2) is 61.8 Å². The Balaban J connectivity index is 1.66. The van der Waals surface area contributed by atoms with Crippen LogP contribution in [0.4, 0.5) is 0 Å². The van der Waals surface area contributed by atoms with Crippen LogP contribution in [-0.2, 0) is 14.6 Å². The Morgan fingerprint density at radius 2 is 1.78 bits per heavy atom. The van der Waals surface area contributed by atoms with Crippen molar-refractivity contribution in [1.82, 2.24) is 9.80 Å². The molecule has 1 aromatic rings. The molecular formula is C17H24N2O3S. The molecule has 0 spiro atoms. The molecule has 0 bridgehead atoms. The molecule has 6 heteroatoms. The van der Waals surface area contributed by atoms with Crippen molar-refractivity contribution in [3.05, 3.63) is 35.9 Å². The van der Waals surface area contributed by atoms with Gasteiger partial charge in [-0.25, -0.2) is 8.42 Å². The van der Waals surface area contributed by atoms with Crippen molar-refractivity contribution in [1.29, 1.82) is 0 Å². The number of amides is 1. The van der Waals surface area contributed by atoms with E-state index >= 15 is 0 Å². The molecule has 1 atom stereocenters. The average Bonchev–Trinajstić information content (AvgIpc) is 2.48. The highest BCUT2D eigenvalue weighted by atomic mass is 32.2. The van der Waals surface area contributed by atoms with E-state index in [4.69, 9.17) is 0 Å². The Hall–Kier alpha value is -1.40. The first-order valence-corrected chi connectivity index (χ1v) is 9.88. The van der Waals surface area contributed by atoms with Gasteiger partial charge in [0.15, 0.2) is 9.84 Å². The Morgan fingerprint density at radius 3 is 2.35 bits per heavy atom. The van der Waals surface area contributed by atoms with E-state index in [0.29, 0.717) is 19.6 Å². The van der Waals surface area contributed by atoms with Crippen LogP contribution in [0.25, 0.3) is 0 Å². The quantitative estimate of drug-likeness (QED) is 0.835. The normalized spacial score (nSPS) is 26.5.